The number of carbonyl (C=O) groups excluding carboxylic acids is 2. The van der Waals surface area contributed by atoms with Crippen molar-refractivity contribution in [1.82, 2.24) is 10.3 Å². The van der Waals surface area contributed by atoms with E-state index in [1.54, 1.807) is 0 Å². The number of nitrogens with zero attached hydrogens (tertiary/aromatic N) is 1. The Labute approximate surface area is 142 Å². The summed E-state index contributed by atoms with van der Waals surface area (Å²) in [6.45, 7) is 1.50. The summed E-state index contributed by atoms with van der Waals surface area (Å²) >= 11 is -1.34. The molecule has 0 saturated carbocycles. The van der Waals surface area contributed by atoms with Crippen molar-refractivity contribution in [2.24, 2.45) is 11.8 Å². The first-order chi connectivity index (χ1) is 11.3. The van der Waals surface area contributed by atoms with Gasteiger partial charge in [0.05, 0.1) is 18.1 Å². The molecule has 2 aliphatic heterocycles. The number of aliphatic hydroxyl groups excluding tert-OH is 1. The van der Waals surface area contributed by atoms with Gasteiger partial charge in [-0.15, -0.1) is 0 Å². The Bertz CT molecular complexity index is 579. The van der Waals surface area contributed by atoms with Gasteiger partial charge in [-0.1, -0.05) is 0 Å². The number of β-lactam (4-membered cyclic amide) rings is 1. The van der Waals surface area contributed by atoms with Gasteiger partial charge in [0.25, 0.3) is 0 Å². The lowest BCUT2D eigenvalue weighted by atomic mass is 9.83. The highest BCUT2D eigenvalue weighted by Crippen LogP contribution is 2.43. The number of amides is 2. The van der Waals surface area contributed by atoms with Crippen molar-refractivity contribution >= 4 is 29.0 Å². The van der Waals surface area contributed by atoms with E-state index in [-0.39, 0.29) is 35.6 Å². The van der Waals surface area contributed by atoms with Gasteiger partial charge in [-0.25, -0.2) is 10.6 Å². The summed E-state index contributed by atoms with van der Waals surface area (Å²) < 4.78 is 12.1. The fourth-order valence-corrected chi connectivity index (χ4v) is 4.48. The number of hydrogen-bond donors (Lipinski definition) is 4. The van der Waals surface area contributed by atoms with Crippen LogP contribution < -0.4 is 11.3 Å². The zero-order valence-electron chi connectivity index (χ0n) is 13.2. The van der Waals surface area contributed by atoms with Gasteiger partial charge in [0, 0.05) is 18.4 Å². The van der Waals surface area contributed by atoms with E-state index >= 15 is 0 Å². The molecule has 4 unspecified atom stereocenters. The van der Waals surface area contributed by atoms with Crippen molar-refractivity contribution in [1.29, 1.82) is 0 Å². The van der Waals surface area contributed by atoms with E-state index in [9.17, 15) is 29.1 Å². The summed E-state index contributed by atoms with van der Waals surface area (Å²) in [5.41, 5.74) is 2.32. The topological polar surface area (TPSA) is 156 Å². The molecule has 0 aromatic rings. The summed E-state index contributed by atoms with van der Waals surface area (Å²) in [4.78, 5) is 35.7. The summed E-state index contributed by atoms with van der Waals surface area (Å²) in [7, 11) is 0. The molecule has 0 aliphatic carbocycles. The summed E-state index contributed by atoms with van der Waals surface area (Å²) in [6, 6.07) is -0.376. The number of nitrogens with two attached hydrogens (primary N) is 1. The number of nitrogens with one attached hydrogen (secondary N) is 1. The van der Waals surface area contributed by atoms with Gasteiger partial charge in [-0.05, 0) is 24.5 Å². The molecule has 134 valence electrons. The van der Waals surface area contributed by atoms with Crippen LogP contribution in [0.2, 0.25) is 0 Å². The first-order valence-electron chi connectivity index (χ1n) is 7.58. The summed E-state index contributed by atoms with van der Waals surface area (Å²) in [5.74, 6) is 2.63. The Balaban J connectivity index is 2.00. The average Bonchev–Trinajstić information content (AvgIpc) is 2.80. The van der Waals surface area contributed by atoms with Crippen molar-refractivity contribution in [3.05, 3.63) is 11.3 Å². The molecule has 0 spiro atoms. The molecule has 2 rings (SSSR count). The maximum Gasteiger partial charge on any atom is 0.352 e. The molecule has 2 aliphatic rings. The third-order valence-corrected chi connectivity index (χ3v) is 5.71. The van der Waals surface area contributed by atoms with Gasteiger partial charge in [-0.3, -0.25) is 15.0 Å². The number of aliphatic hydroxyl groups is 1. The lowest BCUT2D eigenvalue weighted by Gasteiger charge is -2.44. The van der Waals surface area contributed by atoms with Gasteiger partial charge in [0.2, 0.25) is 11.8 Å². The van der Waals surface area contributed by atoms with Crippen molar-refractivity contribution < 1.29 is 29.1 Å². The van der Waals surface area contributed by atoms with E-state index in [1.807, 2.05) is 5.43 Å². The van der Waals surface area contributed by atoms with E-state index < -0.39 is 35.1 Å². The van der Waals surface area contributed by atoms with Crippen LogP contribution in [0.3, 0.4) is 0 Å². The number of hydrazine groups is 1. The molecule has 1 saturated heterocycles. The van der Waals surface area contributed by atoms with Crippen LogP contribution >= 0.6 is 0 Å². The largest absolute Gasteiger partial charge is 0.616 e. The predicted octanol–water partition coefficient (Wildman–Crippen LogP) is -1.54. The minimum atomic E-state index is -1.34. The molecule has 2 amide bonds. The fraction of sp³-hybridized carbons (Fsp3) is 0.643. The van der Waals surface area contributed by atoms with Crippen LogP contribution in [0, 0.1) is 5.92 Å². The van der Waals surface area contributed by atoms with Gasteiger partial charge < -0.3 is 19.7 Å². The maximum atomic E-state index is 12.1. The van der Waals surface area contributed by atoms with Crippen LogP contribution in [-0.4, -0.2) is 61.1 Å². The van der Waals surface area contributed by atoms with Crippen molar-refractivity contribution in [3.63, 3.8) is 0 Å². The number of carboxylic acids is 1. The van der Waals surface area contributed by atoms with Gasteiger partial charge in [-0.2, -0.15) is 0 Å². The predicted molar refractivity (Wildman–Crippen MR) is 84.5 cm³/mol. The monoisotopic (exact) mass is 359 g/mol. The van der Waals surface area contributed by atoms with Crippen molar-refractivity contribution in [3.8, 4) is 0 Å². The SMILES string of the molecule is CC(O)C1C(=O)N2C(C(=O)O)=C(C[S+]([O-])CCCC(=O)NN)CC12. The van der Waals surface area contributed by atoms with Crippen LogP contribution in [0.1, 0.15) is 26.2 Å². The number of fused-ring (bicyclic) bond motifs is 1. The standard InChI is InChI=1S/C14H21N3O6S/c1-7(18)11-9-5-8(12(14(21)22)17(9)13(11)20)6-24(23)4-2-3-10(19)16-15/h7,9,11,18H,2-6,15H2,1H3,(H,16,19)(H,21,22). The molecule has 1 fully saturated rings. The molecular formula is C14H21N3O6S. The molecule has 0 aromatic heterocycles. The molecule has 0 aromatic carbocycles. The Morgan fingerprint density at radius 1 is 1.54 bits per heavy atom. The van der Waals surface area contributed by atoms with E-state index in [0.29, 0.717) is 18.4 Å². The van der Waals surface area contributed by atoms with E-state index in [1.165, 1.54) is 11.8 Å². The molecule has 4 atom stereocenters. The number of aliphatic carboxylic acids is 1. The van der Waals surface area contributed by atoms with Crippen LogP contribution in [0.15, 0.2) is 11.3 Å². The Hall–Kier alpha value is -1.62. The molecule has 0 radical (unpaired) electrons. The second-order valence-corrected chi connectivity index (χ2v) is 7.54. The van der Waals surface area contributed by atoms with Gasteiger partial charge in [0.1, 0.15) is 17.2 Å². The minimum Gasteiger partial charge on any atom is -0.616 e. The summed E-state index contributed by atoms with van der Waals surface area (Å²) in [5, 5.41) is 19.0. The van der Waals surface area contributed by atoms with Crippen LogP contribution in [-0.2, 0) is 25.6 Å². The highest BCUT2D eigenvalue weighted by molar-refractivity contribution is 7.91. The quantitative estimate of drug-likeness (QED) is 0.134. The average molecular weight is 359 g/mol. The smallest absolute Gasteiger partial charge is 0.352 e. The number of carbonyl (C=O) groups is 3. The maximum absolute atomic E-state index is 12.1. The molecule has 24 heavy (non-hydrogen) atoms. The van der Waals surface area contributed by atoms with E-state index in [4.69, 9.17) is 5.84 Å². The lowest BCUT2D eigenvalue weighted by Crippen LogP contribution is -2.61. The minimum absolute atomic E-state index is 0.0404. The second-order valence-electron chi connectivity index (χ2n) is 5.96. The third kappa shape index (κ3) is 3.56. The zero-order valence-corrected chi connectivity index (χ0v) is 14.0. The highest BCUT2D eigenvalue weighted by Gasteiger charge is 2.57. The second kappa shape index (κ2) is 7.51. The highest BCUT2D eigenvalue weighted by atomic mass is 32.2. The van der Waals surface area contributed by atoms with Crippen LogP contribution in [0.5, 0.6) is 0 Å². The summed E-state index contributed by atoms with van der Waals surface area (Å²) in [6.07, 6.45) is -0.0378. The fourth-order valence-electron chi connectivity index (χ4n) is 3.22. The normalized spacial score (nSPS) is 25.2. The molecule has 2 heterocycles. The Kier molecular flexibility index (Phi) is 5.86. The van der Waals surface area contributed by atoms with Gasteiger partial charge in [0.15, 0.2) is 0 Å². The lowest BCUT2D eigenvalue weighted by molar-refractivity contribution is -0.161. The zero-order chi connectivity index (χ0) is 18.0. The molecule has 5 N–H and O–H groups in total. The number of rotatable bonds is 8. The first kappa shape index (κ1) is 18.7. The third-order valence-electron chi connectivity index (χ3n) is 4.29. The first-order valence-corrected chi connectivity index (χ1v) is 9.07. The Morgan fingerprint density at radius 2 is 2.21 bits per heavy atom. The van der Waals surface area contributed by atoms with Gasteiger partial charge >= 0.3 is 5.97 Å². The number of hydrogen-bond acceptors (Lipinski definition) is 6. The Morgan fingerprint density at radius 3 is 2.75 bits per heavy atom. The molecule has 10 heteroatoms. The van der Waals surface area contributed by atoms with E-state index in [0.717, 1.165) is 0 Å². The molecular weight excluding hydrogens is 338 g/mol. The van der Waals surface area contributed by atoms with Crippen LogP contribution in [0.25, 0.3) is 0 Å². The van der Waals surface area contributed by atoms with Crippen molar-refractivity contribution in [2.45, 2.75) is 38.3 Å². The van der Waals surface area contributed by atoms with E-state index in [2.05, 4.69) is 0 Å². The number of carboxylic acid groups (broad SMARTS) is 1. The van der Waals surface area contributed by atoms with Crippen LogP contribution in [0.4, 0.5) is 0 Å². The molecule has 0 bridgehead atoms. The molecule has 9 nitrogen and oxygen atoms in total. The van der Waals surface area contributed by atoms with Crippen molar-refractivity contribution in [2.75, 3.05) is 11.5 Å².